The normalized spacial score (nSPS) is 12.1. The average Bonchev–Trinajstić information content (AvgIpc) is 2.76. The van der Waals surface area contributed by atoms with E-state index < -0.39 is 17.9 Å². The number of hydrogen-bond donors (Lipinski definition) is 2. The maximum Gasteiger partial charge on any atom is 0.326 e. The van der Waals surface area contributed by atoms with E-state index in [2.05, 4.69) is 10.4 Å². The number of nitrogens with zero attached hydrogens (tertiary/aromatic N) is 2. The van der Waals surface area contributed by atoms with Crippen LogP contribution in [0.2, 0.25) is 0 Å². The molecule has 17 heavy (non-hydrogen) atoms. The second-order valence-electron chi connectivity index (χ2n) is 3.44. The van der Waals surface area contributed by atoms with Crippen molar-refractivity contribution in [2.75, 3.05) is 13.7 Å². The van der Waals surface area contributed by atoms with Crippen molar-refractivity contribution in [2.45, 2.75) is 19.0 Å². The molecule has 0 saturated carbocycles. The minimum Gasteiger partial charge on any atom is -0.480 e. The van der Waals surface area contributed by atoms with E-state index in [1.165, 1.54) is 11.8 Å². The number of rotatable bonds is 7. The number of carbonyl (C=O) groups is 2. The number of aliphatic carboxylic acids is 1. The summed E-state index contributed by atoms with van der Waals surface area (Å²) >= 11 is 0. The molecule has 7 heteroatoms. The topological polar surface area (TPSA) is 93.5 Å². The summed E-state index contributed by atoms with van der Waals surface area (Å²) in [6, 6.07) is 0.755. The van der Waals surface area contributed by atoms with Crippen LogP contribution in [0.1, 0.15) is 6.42 Å². The van der Waals surface area contributed by atoms with Crippen molar-refractivity contribution in [1.29, 1.82) is 0 Å². The van der Waals surface area contributed by atoms with E-state index in [0.717, 1.165) is 0 Å². The van der Waals surface area contributed by atoms with Gasteiger partial charge in [0.05, 0.1) is 0 Å². The second-order valence-corrected chi connectivity index (χ2v) is 3.44. The third-order valence-electron chi connectivity index (χ3n) is 2.11. The quantitative estimate of drug-likeness (QED) is 0.670. The minimum absolute atomic E-state index is 0.00373. The number of carboxylic acids is 1. The Kier molecular flexibility index (Phi) is 5.15. The van der Waals surface area contributed by atoms with Crippen LogP contribution in [0.3, 0.4) is 0 Å². The van der Waals surface area contributed by atoms with Gasteiger partial charge in [0.25, 0.3) is 0 Å². The molecule has 1 unspecified atom stereocenters. The first-order valence-corrected chi connectivity index (χ1v) is 5.12. The summed E-state index contributed by atoms with van der Waals surface area (Å²) in [5.41, 5.74) is 0. The molecule has 94 valence electrons. The van der Waals surface area contributed by atoms with Gasteiger partial charge >= 0.3 is 5.97 Å². The van der Waals surface area contributed by atoms with Crippen molar-refractivity contribution in [1.82, 2.24) is 15.1 Å². The Morgan fingerprint density at radius 3 is 2.88 bits per heavy atom. The van der Waals surface area contributed by atoms with E-state index in [1.54, 1.807) is 18.5 Å². The molecule has 0 radical (unpaired) electrons. The minimum atomic E-state index is -1.07. The summed E-state index contributed by atoms with van der Waals surface area (Å²) in [5.74, 6) is -1.46. The summed E-state index contributed by atoms with van der Waals surface area (Å²) in [6.07, 6.45) is 3.41. The Morgan fingerprint density at radius 2 is 2.35 bits per heavy atom. The molecule has 1 heterocycles. The molecule has 0 fully saturated rings. The third kappa shape index (κ3) is 4.64. The van der Waals surface area contributed by atoms with Crippen molar-refractivity contribution in [3.63, 3.8) is 0 Å². The van der Waals surface area contributed by atoms with Gasteiger partial charge in [0, 0.05) is 32.5 Å². The summed E-state index contributed by atoms with van der Waals surface area (Å²) < 4.78 is 6.20. The molecular weight excluding hydrogens is 226 g/mol. The largest absolute Gasteiger partial charge is 0.480 e. The van der Waals surface area contributed by atoms with Crippen molar-refractivity contribution in [3.05, 3.63) is 18.5 Å². The number of ether oxygens (including phenoxy) is 1. The van der Waals surface area contributed by atoms with E-state index in [4.69, 9.17) is 9.84 Å². The van der Waals surface area contributed by atoms with E-state index in [1.807, 2.05) is 0 Å². The Balaban J connectivity index is 2.43. The number of methoxy groups -OCH3 is 1. The average molecular weight is 241 g/mol. The van der Waals surface area contributed by atoms with Crippen molar-refractivity contribution in [3.8, 4) is 0 Å². The standard InChI is InChI=1S/C10H15N3O4/c1-17-6-3-8(10(15)16)12-9(14)7-13-5-2-4-11-13/h2,4-5,8H,3,6-7H2,1H3,(H,12,14)(H,15,16). The summed E-state index contributed by atoms with van der Waals surface area (Å²) in [7, 11) is 1.48. The predicted octanol–water partition coefficient (Wildman–Crippen LogP) is -0.511. The van der Waals surface area contributed by atoms with Crippen LogP contribution in [0.25, 0.3) is 0 Å². The highest BCUT2D eigenvalue weighted by Gasteiger charge is 2.19. The van der Waals surface area contributed by atoms with E-state index in [-0.39, 0.29) is 19.6 Å². The number of hydrogen-bond acceptors (Lipinski definition) is 4. The smallest absolute Gasteiger partial charge is 0.326 e. The van der Waals surface area contributed by atoms with Gasteiger partial charge in [0.2, 0.25) is 5.91 Å². The first-order chi connectivity index (χ1) is 8.13. The number of carboxylic acid groups (broad SMARTS) is 1. The highest BCUT2D eigenvalue weighted by Crippen LogP contribution is 1.94. The predicted molar refractivity (Wildman–Crippen MR) is 58.3 cm³/mol. The maximum absolute atomic E-state index is 11.5. The number of aromatic nitrogens is 2. The second kappa shape index (κ2) is 6.64. The van der Waals surface area contributed by atoms with Crippen molar-refractivity contribution in [2.24, 2.45) is 0 Å². The summed E-state index contributed by atoms with van der Waals surface area (Å²) in [5, 5.41) is 15.1. The first kappa shape index (κ1) is 13.2. The molecule has 1 aromatic rings. The van der Waals surface area contributed by atoms with Crippen LogP contribution in [0.4, 0.5) is 0 Å². The van der Waals surface area contributed by atoms with Crippen LogP contribution in [0.15, 0.2) is 18.5 Å². The monoisotopic (exact) mass is 241 g/mol. The molecule has 0 aliphatic rings. The highest BCUT2D eigenvalue weighted by molar-refractivity contribution is 5.83. The Labute approximate surface area is 98.4 Å². The van der Waals surface area contributed by atoms with E-state index in [9.17, 15) is 9.59 Å². The molecule has 0 spiro atoms. The molecule has 0 bridgehead atoms. The zero-order valence-corrected chi connectivity index (χ0v) is 9.50. The molecule has 0 aliphatic carbocycles. The van der Waals surface area contributed by atoms with Gasteiger partial charge in [-0.3, -0.25) is 9.48 Å². The first-order valence-electron chi connectivity index (χ1n) is 5.12. The van der Waals surface area contributed by atoms with Crippen molar-refractivity contribution < 1.29 is 19.4 Å². The maximum atomic E-state index is 11.5. The lowest BCUT2D eigenvalue weighted by Gasteiger charge is -2.13. The van der Waals surface area contributed by atoms with Crippen molar-refractivity contribution >= 4 is 11.9 Å². The molecule has 0 aliphatic heterocycles. The van der Waals surface area contributed by atoms with E-state index in [0.29, 0.717) is 0 Å². The van der Waals surface area contributed by atoms with Crippen LogP contribution in [-0.4, -0.2) is 46.5 Å². The Hall–Kier alpha value is -1.89. The Morgan fingerprint density at radius 1 is 1.59 bits per heavy atom. The molecule has 2 N–H and O–H groups in total. The molecule has 0 aromatic carbocycles. The van der Waals surface area contributed by atoms with Gasteiger partial charge in [-0.2, -0.15) is 5.10 Å². The fourth-order valence-electron chi connectivity index (χ4n) is 1.27. The van der Waals surface area contributed by atoms with Crippen LogP contribution in [-0.2, 0) is 20.9 Å². The zero-order chi connectivity index (χ0) is 12.7. The lowest BCUT2D eigenvalue weighted by Crippen LogP contribution is -2.43. The fourth-order valence-corrected chi connectivity index (χ4v) is 1.27. The molecule has 1 rings (SSSR count). The fraction of sp³-hybridized carbons (Fsp3) is 0.500. The van der Waals surface area contributed by atoms with Gasteiger partial charge in [0.1, 0.15) is 12.6 Å². The van der Waals surface area contributed by atoms with Gasteiger partial charge in [0.15, 0.2) is 0 Å². The van der Waals surface area contributed by atoms with Gasteiger partial charge in [-0.05, 0) is 6.07 Å². The lowest BCUT2D eigenvalue weighted by atomic mass is 10.2. The van der Waals surface area contributed by atoms with Gasteiger partial charge in [-0.15, -0.1) is 0 Å². The number of carbonyl (C=O) groups excluding carboxylic acids is 1. The van der Waals surface area contributed by atoms with Gasteiger partial charge in [-0.25, -0.2) is 4.79 Å². The molecular formula is C10H15N3O4. The molecule has 0 saturated heterocycles. The SMILES string of the molecule is COCCC(NC(=O)Cn1cccn1)C(=O)O. The molecule has 1 atom stereocenters. The summed E-state index contributed by atoms with van der Waals surface area (Å²) in [4.78, 5) is 22.4. The van der Waals surface area contributed by atoms with Crippen LogP contribution in [0.5, 0.6) is 0 Å². The molecule has 1 amide bonds. The molecule has 1 aromatic heterocycles. The zero-order valence-electron chi connectivity index (χ0n) is 9.50. The number of amides is 1. The third-order valence-corrected chi connectivity index (χ3v) is 2.11. The lowest BCUT2D eigenvalue weighted by molar-refractivity contribution is -0.142. The van der Waals surface area contributed by atoms with Gasteiger partial charge < -0.3 is 15.2 Å². The highest BCUT2D eigenvalue weighted by atomic mass is 16.5. The molecule has 7 nitrogen and oxygen atoms in total. The van der Waals surface area contributed by atoms with E-state index >= 15 is 0 Å². The van der Waals surface area contributed by atoms with Gasteiger partial charge in [-0.1, -0.05) is 0 Å². The van der Waals surface area contributed by atoms with Crippen LogP contribution < -0.4 is 5.32 Å². The van der Waals surface area contributed by atoms with Crippen LogP contribution >= 0.6 is 0 Å². The number of nitrogens with one attached hydrogen (secondary N) is 1. The Bertz CT molecular complexity index is 364. The summed E-state index contributed by atoms with van der Waals surface area (Å²) in [6.45, 7) is 0.281. The van der Waals surface area contributed by atoms with Crippen LogP contribution in [0, 0.1) is 0 Å².